The normalized spacial score (nSPS) is 14.6. The van der Waals surface area contributed by atoms with Crippen molar-refractivity contribution in [3.05, 3.63) is 45.3 Å². The van der Waals surface area contributed by atoms with Crippen molar-refractivity contribution in [1.29, 1.82) is 0 Å². The van der Waals surface area contributed by atoms with Crippen LogP contribution in [0, 0.1) is 10.1 Å². The second-order valence-corrected chi connectivity index (χ2v) is 8.94. The number of benzene rings is 1. The van der Waals surface area contributed by atoms with Crippen molar-refractivity contribution in [2.45, 2.75) is 6.92 Å². The van der Waals surface area contributed by atoms with E-state index < -0.39 is 4.92 Å². The first kappa shape index (κ1) is 21.6. The third-order valence-electron chi connectivity index (χ3n) is 4.86. The molecule has 1 amide bonds. The third-order valence-corrected chi connectivity index (χ3v) is 6.93. The number of nitrogens with zero attached hydrogens (tertiary/aromatic N) is 4. The van der Waals surface area contributed by atoms with Crippen LogP contribution in [0.15, 0.2) is 30.3 Å². The first-order valence-corrected chi connectivity index (χ1v) is 11.6. The lowest BCUT2D eigenvalue weighted by Gasteiger charge is -2.29. The number of ether oxygens (including phenoxy) is 2. The Bertz CT molecular complexity index is 1080. The summed E-state index contributed by atoms with van der Waals surface area (Å²) in [7, 11) is 0. The molecule has 0 spiro atoms. The van der Waals surface area contributed by atoms with E-state index in [4.69, 9.17) is 9.47 Å². The zero-order valence-corrected chi connectivity index (χ0v) is 18.6. The van der Waals surface area contributed by atoms with E-state index in [9.17, 15) is 14.9 Å². The number of hydrogen-bond donors (Lipinski definition) is 0. The SMILES string of the molecule is CCOc1ccc2nc(N(CCN3CCOCC3)C(=O)c3ccc([N+](=O)[O-])s3)sc2c1. The molecule has 1 aliphatic rings. The maximum atomic E-state index is 13.3. The van der Waals surface area contributed by atoms with Gasteiger partial charge in [-0.05, 0) is 31.2 Å². The first-order chi connectivity index (χ1) is 15.0. The third kappa shape index (κ3) is 5.01. The minimum Gasteiger partial charge on any atom is -0.494 e. The van der Waals surface area contributed by atoms with Crippen molar-refractivity contribution in [3.63, 3.8) is 0 Å². The molecule has 11 heteroatoms. The highest BCUT2D eigenvalue weighted by Gasteiger charge is 2.25. The number of rotatable bonds is 8. The molecular formula is C20H22N4O5S2. The van der Waals surface area contributed by atoms with Crippen LogP contribution in [0.3, 0.4) is 0 Å². The Morgan fingerprint density at radius 2 is 2.10 bits per heavy atom. The van der Waals surface area contributed by atoms with Crippen molar-refractivity contribution in [3.8, 4) is 5.75 Å². The average molecular weight is 463 g/mol. The topological polar surface area (TPSA) is 98.0 Å². The lowest BCUT2D eigenvalue weighted by molar-refractivity contribution is -0.380. The smallest absolute Gasteiger partial charge is 0.324 e. The van der Waals surface area contributed by atoms with Crippen LogP contribution < -0.4 is 9.64 Å². The van der Waals surface area contributed by atoms with Gasteiger partial charge in [0.1, 0.15) is 5.75 Å². The van der Waals surface area contributed by atoms with Crippen LogP contribution in [-0.2, 0) is 4.74 Å². The number of carbonyl (C=O) groups is 1. The highest BCUT2D eigenvalue weighted by atomic mass is 32.1. The van der Waals surface area contributed by atoms with Crippen LogP contribution in [0.4, 0.5) is 10.1 Å². The van der Waals surface area contributed by atoms with Gasteiger partial charge in [-0.2, -0.15) is 0 Å². The standard InChI is InChI=1S/C20H22N4O5S2/c1-2-29-14-3-4-15-17(13-14)31-20(21-15)23(8-7-22-9-11-28-12-10-22)19(25)16-5-6-18(30-16)24(26)27/h3-6,13H,2,7-12H2,1H3. The Kier molecular flexibility index (Phi) is 6.76. The van der Waals surface area contributed by atoms with Gasteiger partial charge in [-0.25, -0.2) is 4.98 Å². The number of amides is 1. The van der Waals surface area contributed by atoms with E-state index in [2.05, 4.69) is 9.88 Å². The van der Waals surface area contributed by atoms with Crippen molar-refractivity contribution in [1.82, 2.24) is 9.88 Å². The van der Waals surface area contributed by atoms with Gasteiger partial charge in [0.2, 0.25) is 0 Å². The summed E-state index contributed by atoms with van der Waals surface area (Å²) in [5.41, 5.74) is 0.782. The highest BCUT2D eigenvalue weighted by Crippen LogP contribution is 2.33. The molecule has 0 bridgehead atoms. The fourth-order valence-corrected chi connectivity index (χ4v) is 5.08. The lowest BCUT2D eigenvalue weighted by Crippen LogP contribution is -2.43. The molecule has 1 saturated heterocycles. The second kappa shape index (κ2) is 9.69. The van der Waals surface area contributed by atoms with Crippen molar-refractivity contribution in [2.75, 3.05) is 50.9 Å². The number of nitro groups is 1. The van der Waals surface area contributed by atoms with E-state index in [0.29, 0.717) is 42.9 Å². The van der Waals surface area contributed by atoms with Gasteiger partial charge < -0.3 is 9.47 Å². The number of carbonyl (C=O) groups excluding carboxylic acids is 1. The maximum absolute atomic E-state index is 13.3. The monoisotopic (exact) mass is 462 g/mol. The van der Waals surface area contributed by atoms with Gasteiger partial charge in [-0.1, -0.05) is 22.7 Å². The van der Waals surface area contributed by atoms with Crippen molar-refractivity contribution >= 4 is 48.9 Å². The molecule has 0 unspecified atom stereocenters. The van der Waals surface area contributed by atoms with E-state index >= 15 is 0 Å². The van der Waals surface area contributed by atoms with Gasteiger partial charge in [0.15, 0.2) is 5.13 Å². The molecule has 1 fully saturated rings. The van der Waals surface area contributed by atoms with Gasteiger partial charge >= 0.3 is 5.00 Å². The molecule has 1 aromatic carbocycles. The number of anilines is 1. The second-order valence-electron chi connectivity index (χ2n) is 6.86. The molecule has 0 atom stereocenters. The molecule has 0 aliphatic carbocycles. The predicted molar refractivity (Wildman–Crippen MR) is 121 cm³/mol. The Morgan fingerprint density at radius 1 is 1.29 bits per heavy atom. The molecule has 2 aromatic heterocycles. The number of hydrogen-bond acceptors (Lipinski definition) is 9. The summed E-state index contributed by atoms with van der Waals surface area (Å²) >= 11 is 2.29. The summed E-state index contributed by atoms with van der Waals surface area (Å²) in [5.74, 6) is 0.473. The molecule has 0 radical (unpaired) electrons. The van der Waals surface area contributed by atoms with Gasteiger partial charge in [0, 0.05) is 32.2 Å². The van der Waals surface area contributed by atoms with E-state index in [1.165, 1.54) is 23.5 Å². The van der Waals surface area contributed by atoms with E-state index in [-0.39, 0.29) is 10.9 Å². The molecule has 9 nitrogen and oxygen atoms in total. The van der Waals surface area contributed by atoms with Crippen LogP contribution in [0.25, 0.3) is 10.2 Å². The number of morpholine rings is 1. The molecule has 0 saturated carbocycles. The number of fused-ring (bicyclic) bond motifs is 1. The summed E-state index contributed by atoms with van der Waals surface area (Å²) in [6, 6.07) is 8.53. The fraction of sp³-hybridized carbons (Fsp3) is 0.400. The molecule has 4 rings (SSSR count). The van der Waals surface area contributed by atoms with Crippen molar-refractivity contribution in [2.24, 2.45) is 0 Å². The average Bonchev–Trinajstić information content (AvgIpc) is 3.42. The maximum Gasteiger partial charge on any atom is 0.324 e. The van der Waals surface area contributed by atoms with E-state index in [1.54, 1.807) is 4.90 Å². The van der Waals surface area contributed by atoms with Crippen LogP contribution in [0.5, 0.6) is 5.75 Å². The number of thiazole rings is 1. The Labute approximate surface area is 187 Å². The van der Waals surface area contributed by atoms with Crippen LogP contribution >= 0.6 is 22.7 Å². The van der Waals surface area contributed by atoms with Crippen LogP contribution in [0.2, 0.25) is 0 Å². The van der Waals surface area contributed by atoms with Gasteiger partial charge in [-0.3, -0.25) is 24.7 Å². The molecular weight excluding hydrogens is 440 g/mol. The Balaban J connectivity index is 1.62. The summed E-state index contributed by atoms with van der Waals surface area (Å²) in [6.07, 6.45) is 0. The van der Waals surface area contributed by atoms with Crippen molar-refractivity contribution < 1.29 is 19.2 Å². The Morgan fingerprint density at radius 3 is 2.81 bits per heavy atom. The molecule has 164 valence electrons. The lowest BCUT2D eigenvalue weighted by atomic mass is 10.3. The van der Waals surface area contributed by atoms with E-state index in [1.807, 2.05) is 25.1 Å². The summed E-state index contributed by atoms with van der Waals surface area (Å²) < 4.78 is 11.9. The summed E-state index contributed by atoms with van der Waals surface area (Å²) in [4.78, 5) is 32.7. The quantitative estimate of drug-likeness (QED) is 0.372. The summed E-state index contributed by atoms with van der Waals surface area (Å²) in [5, 5.41) is 11.6. The van der Waals surface area contributed by atoms with Gasteiger partial charge in [0.25, 0.3) is 5.91 Å². The first-order valence-electron chi connectivity index (χ1n) is 9.94. The zero-order valence-electron chi connectivity index (χ0n) is 17.0. The largest absolute Gasteiger partial charge is 0.494 e. The Hall–Kier alpha value is -2.60. The predicted octanol–water partition coefficient (Wildman–Crippen LogP) is 3.64. The van der Waals surface area contributed by atoms with Gasteiger partial charge in [-0.15, -0.1) is 0 Å². The zero-order chi connectivity index (χ0) is 21.8. The van der Waals surface area contributed by atoms with Crippen LogP contribution in [-0.4, -0.2) is 66.7 Å². The van der Waals surface area contributed by atoms with Crippen LogP contribution in [0.1, 0.15) is 16.6 Å². The molecule has 3 heterocycles. The van der Waals surface area contributed by atoms with E-state index in [0.717, 1.165) is 40.4 Å². The molecule has 3 aromatic rings. The minimum atomic E-state index is -0.480. The fourth-order valence-electron chi connectivity index (χ4n) is 3.29. The highest BCUT2D eigenvalue weighted by molar-refractivity contribution is 7.22. The molecule has 1 aliphatic heterocycles. The molecule has 0 N–H and O–H groups in total. The minimum absolute atomic E-state index is 0.0536. The number of thiophene rings is 1. The summed E-state index contributed by atoms with van der Waals surface area (Å²) in [6.45, 7) is 6.56. The molecule has 31 heavy (non-hydrogen) atoms. The number of aromatic nitrogens is 1. The van der Waals surface area contributed by atoms with Gasteiger partial charge in [0.05, 0.1) is 39.8 Å².